The first-order valence-electron chi connectivity index (χ1n) is 8.41. The average molecular weight is 363 g/mol. The average Bonchev–Trinajstić information content (AvgIpc) is 1.84. The Morgan fingerprint density at radius 2 is 0.762 bits per heavy atom. The topological polar surface area (TPSA) is 9.23 Å². The summed E-state index contributed by atoms with van der Waals surface area (Å²) in [5.41, 5.74) is -0.0279. The SMILES string of the molecule is CC(C)(C)O[Si](C)(C)C([Si](C)(C)C)([Si](C)(C)C)[Si](C)(C)C. The van der Waals surface area contributed by atoms with Gasteiger partial charge in [-0.15, -0.1) is 0 Å². The molecule has 0 aromatic carbocycles. The van der Waals surface area contributed by atoms with E-state index < -0.39 is 32.5 Å². The van der Waals surface area contributed by atoms with Gasteiger partial charge in [-0.25, -0.2) is 0 Å². The molecule has 128 valence electrons. The molecule has 0 aliphatic rings. The van der Waals surface area contributed by atoms with E-state index in [2.05, 4.69) is 92.8 Å². The van der Waals surface area contributed by atoms with Gasteiger partial charge in [0.1, 0.15) is 0 Å². The molecular formula is C16H42OSi4. The summed E-state index contributed by atoms with van der Waals surface area (Å²) >= 11 is 0. The van der Waals surface area contributed by atoms with Crippen LogP contribution in [0.3, 0.4) is 0 Å². The third-order valence-corrected chi connectivity index (χ3v) is 40.2. The lowest BCUT2D eigenvalue weighted by Gasteiger charge is -2.65. The highest BCUT2D eigenvalue weighted by Gasteiger charge is 2.68. The molecule has 0 atom stereocenters. The molecule has 0 bridgehead atoms. The van der Waals surface area contributed by atoms with E-state index in [1.165, 1.54) is 0 Å². The molecule has 0 aromatic rings. The fourth-order valence-electron chi connectivity index (χ4n) is 6.93. The Kier molecular flexibility index (Phi) is 5.95. The zero-order valence-electron chi connectivity index (χ0n) is 17.4. The Morgan fingerprint density at radius 1 is 0.524 bits per heavy atom. The largest absolute Gasteiger partial charge is 0.413 e. The van der Waals surface area contributed by atoms with Gasteiger partial charge in [0, 0.05) is 29.8 Å². The lowest BCUT2D eigenvalue weighted by Crippen LogP contribution is -2.77. The third-order valence-electron chi connectivity index (χ3n) is 4.84. The van der Waals surface area contributed by atoms with Gasteiger partial charge < -0.3 is 4.43 Å². The van der Waals surface area contributed by atoms with Crippen LogP contribution in [-0.2, 0) is 4.43 Å². The maximum Gasteiger partial charge on any atom is 0.185 e. The highest BCUT2D eigenvalue weighted by molar-refractivity contribution is 7.28. The summed E-state index contributed by atoms with van der Waals surface area (Å²) < 4.78 is 7.46. The van der Waals surface area contributed by atoms with Crippen molar-refractivity contribution < 1.29 is 4.43 Å². The van der Waals surface area contributed by atoms with Crippen molar-refractivity contribution in [3.8, 4) is 0 Å². The molecule has 0 aromatic heterocycles. The van der Waals surface area contributed by atoms with Crippen LogP contribution in [0.1, 0.15) is 20.8 Å². The Labute approximate surface area is 139 Å². The first kappa shape index (κ1) is 21.8. The molecule has 0 fully saturated rings. The van der Waals surface area contributed by atoms with Gasteiger partial charge >= 0.3 is 0 Å². The molecule has 0 saturated heterocycles. The third kappa shape index (κ3) is 4.03. The summed E-state index contributed by atoms with van der Waals surface area (Å²) in [6, 6.07) is 0. The zero-order chi connectivity index (χ0) is 17.7. The molecule has 0 radical (unpaired) electrons. The smallest absolute Gasteiger partial charge is 0.185 e. The molecule has 0 rings (SSSR count). The van der Waals surface area contributed by atoms with E-state index in [4.69, 9.17) is 4.43 Å². The molecule has 0 spiro atoms. The van der Waals surface area contributed by atoms with Gasteiger partial charge in [0.05, 0.1) is 0 Å². The van der Waals surface area contributed by atoms with E-state index in [9.17, 15) is 0 Å². The van der Waals surface area contributed by atoms with Crippen LogP contribution in [0.5, 0.6) is 0 Å². The van der Waals surface area contributed by atoms with Crippen molar-refractivity contribution in [2.24, 2.45) is 0 Å². The van der Waals surface area contributed by atoms with Gasteiger partial charge in [-0.1, -0.05) is 58.9 Å². The van der Waals surface area contributed by atoms with Crippen molar-refractivity contribution >= 4 is 32.5 Å². The lowest BCUT2D eigenvalue weighted by atomic mass is 10.2. The van der Waals surface area contributed by atoms with E-state index in [1.807, 2.05) is 0 Å². The molecule has 5 heteroatoms. The van der Waals surface area contributed by atoms with Gasteiger partial charge in [-0.2, -0.15) is 0 Å². The van der Waals surface area contributed by atoms with Crippen LogP contribution >= 0.6 is 0 Å². The summed E-state index contributed by atoms with van der Waals surface area (Å²) in [5, 5.41) is 0. The molecule has 21 heavy (non-hydrogen) atoms. The zero-order valence-corrected chi connectivity index (χ0v) is 21.4. The molecular weight excluding hydrogens is 321 g/mol. The fourth-order valence-corrected chi connectivity index (χ4v) is 57.7. The van der Waals surface area contributed by atoms with Crippen LogP contribution in [0.2, 0.25) is 75.9 Å². The van der Waals surface area contributed by atoms with E-state index >= 15 is 0 Å². The Balaban J connectivity index is 6.57. The quantitative estimate of drug-likeness (QED) is 0.515. The predicted octanol–water partition coefficient (Wildman–Crippen LogP) is 6.38. The summed E-state index contributed by atoms with van der Waals surface area (Å²) in [6.45, 7) is 35.3. The van der Waals surface area contributed by atoms with E-state index in [-0.39, 0.29) is 5.60 Å². The van der Waals surface area contributed by atoms with Crippen LogP contribution < -0.4 is 0 Å². The second kappa shape index (κ2) is 5.72. The Morgan fingerprint density at radius 3 is 0.905 bits per heavy atom. The summed E-state index contributed by atoms with van der Waals surface area (Å²) in [5.74, 6) is 0. The van der Waals surface area contributed by atoms with Crippen molar-refractivity contribution in [3.63, 3.8) is 0 Å². The van der Waals surface area contributed by atoms with Crippen LogP contribution in [0.15, 0.2) is 0 Å². The highest BCUT2D eigenvalue weighted by atomic mass is 28.5. The number of rotatable bonds is 5. The van der Waals surface area contributed by atoms with Crippen molar-refractivity contribution in [3.05, 3.63) is 0 Å². The molecule has 0 heterocycles. The first-order valence-corrected chi connectivity index (χ1v) is 21.8. The lowest BCUT2D eigenvalue weighted by molar-refractivity contribution is 0.119. The minimum atomic E-state index is -1.84. The fraction of sp³-hybridized carbons (Fsp3) is 1.00. The maximum atomic E-state index is 6.91. The minimum Gasteiger partial charge on any atom is -0.413 e. The highest BCUT2D eigenvalue weighted by Crippen LogP contribution is 2.60. The molecule has 0 aliphatic heterocycles. The molecule has 0 unspecified atom stereocenters. The molecule has 0 aliphatic carbocycles. The van der Waals surface area contributed by atoms with Crippen LogP contribution in [-0.4, -0.2) is 38.1 Å². The van der Waals surface area contributed by atoms with E-state index in [0.717, 1.165) is 0 Å². The van der Waals surface area contributed by atoms with Crippen molar-refractivity contribution in [2.75, 3.05) is 0 Å². The second-order valence-electron chi connectivity index (χ2n) is 11.2. The summed E-state index contributed by atoms with van der Waals surface area (Å²) in [6.07, 6.45) is 0. The Hall–Kier alpha value is 0.828. The minimum absolute atomic E-state index is 0.0279. The molecule has 0 amide bonds. The molecule has 0 saturated carbocycles. The Bertz CT molecular complexity index is 326. The predicted molar refractivity (Wildman–Crippen MR) is 111 cm³/mol. The maximum absolute atomic E-state index is 6.91. The van der Waals surface area contributed by atoms with Crippen LogP contribution in [0, 0.1) is 0 Å². The summed E-state index contributed by atoms with van der Waals surface area (Å²) in [4.78, 5) is 0. The van der Waals surface area contributed by atoms with Crippen molar-refractivity contribution in [1.82, 2.24) is 0 Å². The second-order valence-corrected chi connectivity index (χ2v) is 33.9. The van der Waals surface area contributed by atoms with Crippen molar-refractivity contribution in [1.29, 1.82) is 0 Å². The van der Waals surface area contributed by atoms with Gasteiger partial charge in [0.2, 0.25) is 0 Å². The van der Waals surface area contributed by atoms with Crippen LogP contribution in [0.25, 0.3) is 0 Å². The number of hydrogen-bond acceptors (Lipinski definition) is 1. The molecule has 0 N–H and O–H groups in total. The van der Waals surface area contributed by atoms with E-state index in [1.54, 1.807) is 0 Å². The first-order chi connectivity index (χ1) is 8.71. The normalized spacial score (nSPS) is 16.3. The monoisotopic (exact) mass is 362 g/mol. The van der Waals surface area contributed by atoms with Crippen molar-refractivity contribution in [2.45, 2.75) is 102 Å². The van der Waals surface area contributed by atoms with Gasteiger partial charge in [0.25, 0.3) is 0 Å². The summed E-state index contributed by atoms with van der Waals surface area (Å²) in [7, 11) is -5.99. The number of hydrogen-bond donors (Lipinski definition) is 0. The standard InChI is InChI=1S/C16H42OSi4/c1-15(2,3)17-21(13,14)16(18(4,5)6,19(7,8)9)20(10,11)12/h1-14H3. The van der Waals surface area contributed by atoms with Gasteiger partial charge in [-0.05, 0) is 37.8 Å². The van der Waals surface area contributed by atoms with Crippen LogP contribution in [0.4, 0.5) is 0 Å². The van der Waals surface area contributed by atoms with Gasteiger partial charge in [-0.3, -0.25) is 0 Å². The van der Waals surface area contributed by atoms with Gasteiger partial charge in [0.15, 0.2) is 8.32 Å². The van der Waals surface area contributed by atoms with E-state index in [0.29, 0.717) is 3.91 Å². The molecule has 1 nitrogen and oxygen atoms in total.